The molecule has 1 aromatic carbocycles. The number of hydrogen-bond acceptors (Lipinski definition) is 2. The van der Waals surface area contributed by atoms with Crippen molar-refractivity contribution in [2.75, 3.05) is 11.9 Å². The SMILES string of the molecule is CCC(CO)NC(=O)Nc1ccc(C)c(C)c1. The first-order valence-electron chi connectivity index (χ1n) is 5.82. The second-order valence-electron chi connectivity index (χ2n) is 4.19. The molecule has 0 aromatic heterocycles. The van der Waals surface area contributed by atoms with Crippen LogP contribution in [0, 0.1) is 13.8 Å². The fourth-order valence-electron chi connectivity index (χ4n) is 1.45. The molecule has 0 aliphatic heterocycles. The second-order valence-corrected chi connectivity index (χ2v) is 4.19. The van der Waals surface area contributed by atoms with Crippen LogP contribution in [0.2, 0.25) is 0 Å². The summed E-state index contributed by atoms with van der Waals surface area (Å²) >= 11 is 0. The highest BCUT2D eigenvalue weighted by molar-refractivity contribution is 5.89. The van der Waals surface area contributed by atoms with Gasteiger partial charge in [0, 0.05) is 5.69 Å². The minimum absolute atomic E-state index is 0.0448. The largest absolute Gasteiger partial charge is 0.394 e. The molecule has 1 aromatic rings. The van der Waals surface area contributed by atoms with E-state index in [0.717, 1.165) is 11.3 Å². The summed E-state index contributed by atoms with van der Waals surface area (Å²) in [4.78, 5) is 11.6. The maximum Gasteiger partial charge on any atom is 0.319 e. The molecule has 1 atom stereocenters. The zero-order valence-electron chi connectivity index (χ0n) is 10.6. The number of nitrogens with one attached hydrogen (secondary N) is 2. The molecule has 0 bridgehead atoms. The minimum atomic E-state index is -0.283. The molecular formula is C13H20N2O2. The maximum absolute atomic E-state index is 11.6. The molecule has 0 radical (unpaired) electrons. The van der Waals surface area contributed by atoms with E-state index in [1.807, 2.05) is 39.0 Å². The summed E-state index contributed by atoms with van der Waals surface area (Å²) in [7, 11) is 0. The van der Waals surface area contributed by atoms with E-state index < -0.39 is 0 Å². The van der Waals surface area contributed by atoms with Gasteiger partial charge in [0.05, 0.1) is 12.6 Å². The van der Waals surface area contributed by atoms with E-state index in [0.29, 0.717) is 6.42 Å². The first-order valence-corrected chi connectivity index (χ1v) is 5.82. The van der Waals surface area contributed by atoms with Crippen LogP contribution in [0.4, 0.5) is 10.5 Å². The minimum Gasteiger partial charge on any atom is -0.394 e. The van der Waals surface area contributed by atoms with Gasteiger partial charge in [0.2, 0.25) is 0 Å². The number of urea groups is 1. The number of aryl methyl sites for hydroxylation is 2. The lowest BCUT2D eigenvalue weighted by molar-refractivity contribution is 0.222. The molecule has 0 spiro atoms. The maximum atomic E-state index is 11.6. The average molecular weight is 236 g/mol. The van der Waals surface area contributed by atoms with Crippen LogP contribution in [0.3, 0.4) is 0 Å². The molecule has 0 fully saturated rings. The predicted molar refractivity (Wildman–Crippen MR) is 69.2 cm³/mol. The zero-order chi connectivity index (χ0) is 12.8. The number of carbonyl (C=O) groups is 1. The fraction of sp³-hybridized carbons (Fsp3) is 0.462. The third-order valence-electron chi connectivity index (χ3n) is 2.81. The van der Waals surface area contributed by atoms with E-state index in [1.165, 1.54) is 5.56 Å². The van der Waals surface area contributed by atoms with E-state index in [1.54, 1.807) is 0 Å². The zero-order valence-corrected chi connectivity index (χ0v) is 10.6. The van der Waals surface area contributed by atoms with E-state index in [-0.39, 0.29) is 18.7 Å². The van der Waals surface area contributed by atoms with Crippen molar-refractivity contribution >= 4 is 11.7 Å². The van der Waals surface area contributed by atoms with Crippen molar-refractivity contribution in [2.45, 2.75) is 33.2 Å². The highest BCUT2D eigenvalue weighted by Crippen LogP contribution is 2.13. The van der Waals surface area contributed by atoms with Crippen molar-refractivity contribution in [3.63, 3.8) is 0 Å². The first-order chi connectivity index (χ1) is 8.06. The van der Waals surface area contributed by atoms with Gasteiger partial charge in [-0.1, -0.05) is 13.0 Å². The lowest BCUT2D eigenvalue weighted by Crippen LogP contribution is -2.39. The van der Waals surface area contributed by atoms with E-state index in [4.69, 9.17) is 5.11 Å². The van der Waals surface area contributed by atoms with Crippen LogP contribution < -0.4 is 10.6 Å². The molecule has 2 amide bonds. The highest BCUT2D eigenvalue weighted by atomic mass is 16.3. The standard InChI is InChI=1S/C13H20N2O2/c1-4-11(8-16)14-13(17)15-12-6-5-9(2)10(3)7-12/h5-7,11,16H,4,8H2,1-3H3,(H2,14,15,17). The van der Waals surface area contributed by atoms with Crippen LogP contribution in [0.25, 0.3) is 0 Å². The van der Waals surface area contributed by atoms with Crippen LogP contribution >= 0.6 is 0 Å². The third kappa shape index (κ3) is 4.07. The molecule has 0 aliphatic carbocycles. The summed E-state index contributed by atoms with van der Waals surface area (Å²) in [5, 5.41) is 14.4. The Morgan fingerprint density at radius 1 is 1.35 bits per heavy atom. The Bertz CT molecular complexity index is 387. The van der Waals surface area contributed by atoms with Gasteiger partial charge in [0.1, 0.15) is 0 Å². The number of amides is 2. The predicted octanol–water partition coefficient (Wildman–Crippen LogP) is 2.20. The number of rotatable bonds is 4. The summed E-state index contributed by atoms with van der Waals surface area (Å²) in [6.45, 7) is 5.90. The number of hydrogen-bond donors (Lipinski definition) is 3. The smallest absolute Gasteiger partial charge is 0.319 e. The first kappa shape index (κ1) is 13.5. The molecule has 0 heterocycles. The molecule has 0 saturated heterocycles. The Morgan fingerprint density at radius 3 is 2.59 bits per heavy atom. The number of benzene rings is 1. The van der Waals surface area contributed by atoms with Gasteiger partial charge in [-0.25, -0.2) is 4.79 Å². The summed E-state index contributed by atoms with van der Waals surface area (Å²) in [6.07, 6.45) is 0.705. The summed E-state index contributed by atoms with van der Waals surface area (Å²) in [5.74, 6) is 0. The molecule has 4 nitrogen and oxygen atoms in total. The van der Waals surface area contributed by atoms with Crippen molar-refractivity contribution in [1.82, 2.24) is 5.32 Å². The number of carbonyl (C=O) groups excluding carboxylic acids is 1. The van der Waals surface area contributed by atoms with E-state index in [2.05, 4.69) is 10.6 Å². The van der Waals surface area contributed by atoms with Gasteiger partial charge in [0.25, 0.3) is 0 Å². The summed E-state index contributed by atoms with van der Waals surface area (Å²) in [5.41, 5.74) is 3.09. The number of aliphatic hydroxyl groups excluding tert-OH is 1. The monoisotopic (exact) mass is 236 g/mol. The van der Waals surface area contributed by atoms with Crippen molar-refractivity contribution in [3.8, 4) is 0 Å². The van der Waals surface area contributed by atoms with Crippen molar-refractivity contribution in [1.29, 1.82) is 0 Å². The lowest BCUT2D eigenvalue weighted by Gasteiger charge is -2.15. The highest BCUT2D eigenvalue weighted by Gasteiger charge is 2.08. The van der Waals surface area contributed by atoms with E-state index in [9.17, 15) is 4.79 Å². The topological polar surface area (TPSA) is 61.4 Å². The molecular weight excluding hydrogens is 216 g/mol. The Hall–Kier alpha value is -1.55. The Morgan fingerprint density at radius 2 is 2.06 bits per heavy atom. The summed E-state index contributed by atoms with van der Waals surface area (Å²) < 4.78 is 0. The van der Waals surface area contributed by atoms with Gasteiger partial charge in [-0.2, -0.15) is 0 Å². The van der Waals surface area contributed by atoms with Crippen molar-refractivity contribution in [2.24, 2.45) is 0 Å². The Balaban J connectivity index is 2.58. The van der Waals surface area contributed by atoms with Crippen molar-refractivity contribution in [3.05, 3.63) is 29.3 Å². The van der Waals surface area contributed by atoms with Gasteiger partial charge in [-0.3, -0.25) is 0 Å². The average Bonchev–Trinajstić information content (AvgIpc) is 2.31. The molecule has 17 heavy (non-hydrogen) atoms. The molecule has 3 N–H and O–H groups in total. The van der Waals surface area contributed by atoms with Gasteiger partial charge < -0.3 is 15.7 Å². The van der Waals surface area contributed by atoms with Crippen LogP contribution in [0.15, 0.2) is 18.2 Å². The van der Waals surface area contributed by atoms with E-state index >= 15 is 0 Å². The molecule has 1 unspecified atom stereocenters. The molecule has 4 heteroatoms. The van der Waals surface area contributed by atoms with Gasteiger partial charge >= 0.3 is 6.03 Å². The van der Waals surface area contributed by atoms with Gasteiger partial charge in [-0.05, 0) is 43.5 Å². The van der Waals surface area contributed by atoms with Crippen LogP contribution in [-0.4, -0.2) is 23.8 Å². The molecule has 94 valence electrons. The third-order valence-corrected chi connectivity index (χ3v) is 2.81. The molecule has 1 rings (SSSR count). The summed E-state index contributed by atoms with van der Waals surface area (Å²) in [6, 6.07) is 5.28. The normalized spacial score (nSPS) is 12.0. The van der Waals surface area contributed by atoms with Crippen LogP contribution in [0.1, 0.15) is 24.5 Å². The quantitative estimate of drug-likeness (QED) is 0.750. The number of aliphatic hydroxyl groups is 1. The Labute approximate surface area is 102 Å². The van der Waals surface area contributed by atoms with Gasteiger partial charge in [0.15, 0.2) is 0 Å². The Kier molecular flexibility index (Phi) is 4.97. The number of anilines is 1. The molecule has 0 saturated carbocycles. The van der Waals surface area contributed by atoms with Crippen LogP contribution in [-0.2, 0) is 0 Å². The second kappa shape index (κ2) is 6.25. The van der Waals surface area contributed by atoms with Gasteiger partial charge in [-0.15, -0.1) is 0 Å². The lowest BCUT2D eigenvalue weighted by atomic mass is 10.1. The van der Waals surface area contributed by atoms with Crippen LogP contribution in [0.5, 0.6) is 0 Å². The molecule has 0 aliphatic rings. The fourth-order valence-corrected chi connectivity index (χ4v) is 1.45. The van der Waals surface area contributed by atoms with Crippen molar-refractivity contribution < 1.29 is 9.90 Å².